The molecular weight excluding hydrogens is 314 g/mol. The fourth-order valence-electron chi connectivity index (χ4n) is 3.14. The van der Waals surface area contributed by atoms with Gasteiger partial charge in [0.25, 0.3) is 11.5 Å². The summed E-state index contributed by atoms with van der Waals surface area (Å²) >= 11 is 5.97. The molecule has 1 aliphatic rings. The van der Waals surface area contributed by atoms with Crippen molar-refractivity contribution in [1.29, 1.82) is 0 Å². The van der Waals surface area contributed by atoms with E-state index in [0.717, 1.165) is 31.2 Å². The quantitative estimate of drug-likeness (QED) is 0.940. The Morgan fingerprint density at radius 3 is 2.43 bits per heavy atom. The smallest absolute Gasteiger partial charge is 0.272 e. The second-order valence-electron chi connectivity index (χ2n) is 5.93. The largest absolute Gasteiger partial charge is 0.341 e. The molecule has 1 amide bonds. The van der Waals surface area contributed by atoms with E-state index in [1.807, 2.05) is 24.3 Å². The van der Waals surface area contributed by atoms with Gasteiger partial charge in [-0.05, 0) is 36.6 Å². The molecule has 2 aromatic rings. The molecule has 6 heteroatoms. The summed E-state index contributed by atoms with van der Waals surface area (Å²) in [6.45, 7) is 0. The van der Waals surface area contributed by atoms with Crippen LogP contribution in [-0.2, 0) is 12.6 Å². The predicted molar refractivity (Wildman–Crippen MR) is 88.5 cm³/mol. The van der Waals surface area contributed by atoms with Gasteiger partial charge in [-0.3, -0.25) is 9.59 Å². The van der Waals surface area contributed by atoms with Crippen LogP contribution in [0, 0.1) is 0 Å². The molecule has 1 aliphatic carbocycles. The number of nitrogens with one attached hydrogen (secondary N) is 1. The lowest BCUT2D eigenvalue weighted by Crippen LogP contribution is -2.44. The van der Waals surface area contributed by atoms with Crippen LogP contribution in [-0.4, -0.2) is 15.7 Å². The number of rotatable bonds is 3. The topological polar surface area (TPSA) is 64.0 Å². The molecule has 0 saturated heterocycles. The van der Waals surface area contributed by atoms with Crippen LogP contribution in [0.15, 0.2) is 41.2 Å². The van der Waals surface area contributed by atoms with Crippen LogP contribution >= 0.6 is 11.6 Å². The van der Waals surface area contributed by atoms with Crippen LogP contribution in [0.25, 0.3) is 0 Å². The number of halogens is 1. The van der Waals surface area contributed by atoms with Crippen molar-refractivity contribution in [2.75, 3.05) is 0 Å². The number of amides is 1. The number of benzene rings is 1. The average Bonchev–Trinajstić information content (AvgIpc) is 3.00. The molecule has 3 rings (SSSR count). The first-order chi connectivity index (χ1) is 11.0. The van der Waals surface area contributed by atoms with Crippen LogP contribution in [0.3, 0.4) is 0 Å². The first kappa shape index (κ1) is 15.7. The summed E-state index contributed by atoms with van der Waals surface area (Å²) in [5.74, 6) is -0.266. The van der Waals surface area contributed by atoms with Crippen LogP contribution in [0.2, 0.25) is 5.02 Å². The number of aromatic nitrogens is 2. The van der Waals surface area contributed by atoms with Crippen molar-refractivity contribution in [3.8, 4) is 0 Å². The van der Waals surface area contributed by atoms with Crippen molar-refractivity contribution in [3.05, 3.63) is 63.0 Å². The number of carbonyl (C=O) groups is 1. The van der Waals surface area contributed by atoms with E-state index in [-0.39, 0.29) is 17.2 Å². The van der Waals surface area contributed by atoms with Gasteiger partial charge in [0.1, 0.15) is 5.69 Å². The van der Waals surface area contributed by atoms with Crippen LogP contribution in [0.1, 0.15) is 41.7 Å². The normalized spacial score (nSPS) is 16.3. The van der Waals surface area contributed by atoms with Gasteiger partial charge in [-0.25, -0.2) is 4.68 Å². The molecule has 0 unspecified atom stereocenters. The van der Waals surface area contributed by atoms with E-state index in [2.05, 4.69) is 10.4 Å². The van der Waals surface area contributed by atoms with Gasteiger partial charge < -0.3 is 5.32 Å². The Morgan fingerprint density at radius 1 is 1.17 bits per heavy atom. The van der Waals surface area contributed by atoms with Crippen LogP contribution in [0.5, 0.6) is 0 Å². The van der Waals surface area contributed by atoms with Crippen molar-refractivity contribution in [2.24, 2.45) is 7.05 Å². The SMILES string of the molecule is Cn1nc(C(=O)NC2(c3ccc(Cl)cc3)CCCC2)ccc1=O. The van der Waals surface area contributed by atoms with E-state index < -0.39 is 5.54 Å². The molecule has 0 atom stereocenters. The second-order valence-corrected chi connectivity index (χ2v) is 6.37. The summed E-state index contributed by atoms with van der Waals surface area (Å²) in [6.07, 6.45) is 3.88. The van der Waals surface area contributed by atoms with E-state index in [1.165, 1.54) is 23.9 Å². The maximum atomic E-state index is 12.6. The monoisotopic (exact) mass is 331 g/mol. The highest BCUT2D eigenvalue weighted by molar-refractivity contribution is 6.30. The van der Waals surface area contributed by atoms with E-state index in [0.29, 0.717) is 5.02 Å². The van der Waals surface area contributed by atoms with Gasteiger partial charge in [0.15, 0.2) is 0 Å². The number of hydrogen-bond donors (Lipinski definition) is 1. The Kier molecular flexibility index (Phi) is 4.22. The van der Waals surface area contributed by atoms with Gasteiger partial charge in [0.2, 0.25) is 0 Å². The molecule has 1 aromatic carbocycles. The third kappa shape index (κ3) is 3.15. The van der Waals surface area contributed by atoms with Gasteiger partial charge >= 0.3 is 0 Å². The van der Waals surface area contributed by atoms with Gasteiger partial charge in [0, 0.05) is 18.1 Å². The molecule has 0 aliphatic heterocycles. The van der Waals surface area contributed by atoms with Crippen molar-refractivity contribution in [2.45, 2.75) is 31.2 Å². The minimum absolute atomic E-state index is 0.241. The molecular formula is C17H18ClN3O2. The summed E-state index contributed by atoms with van der Waals surface area (Å²) in [6, 6.07) is 10.4. The number of carbonyl (C=O) groups excluding carboxylic acids is 1. The minimum Gasteiger partial charge on any atom is -0.341 e. The lowest BCUT2D eigenvalue weighted by atomic mass is 9.88. The second kappa shape index (κ2) is 6.16. The molecule has 0 spiro atoms. The highest BCUT2D eigenvalue weighted by atomic mass is 35.5. The molecule has 120 valence electrons. The molecule has 1 N–H and O–H groups in total. The maximum absolute atomic E-state index is 12.6. The lowest BCUT2D eigenvalue weighted by Gasteiger charge is -2.31. The van der Waals surface area contributed by atoms with Gasteiger partial charge in [-0.15, -0.1) is 0 Å². The summed E-state index contributed by atoms with van der Waals surface area (Å²) in [4.78, 5) is 24.0. The Labute approximate surface area is 139 Å². The lowest BCUT2D eigenvalue weighted by molar-refractivity contribution is 0.0890. The number of nitrogens with zero attached hydrogens (tertiary/aromatic N) is 2. The minimum atomic E-state index is -0.391. The molecule has 1 aromatic heterocycles. The first-order valence-electron chi connectivity index (χ1n) is 7.63. The number of aryl methyl sites for hydroxylation is 1. The Hall–Kier alpha value is -2.14. The van der Waals surface area contributed by atoms with E-state index in [1.54, 1.807) is 0 Å². The Balaban J connectivity index is 1.90. The van der Waals surface area contributed by atoms with Crippen molar-refractivity contribution in [1.82, 2.24) is 15.1 Å². The van der Waals surface area contributed by atoms with Crippen molar-refractivity contribution in [3.63, 3.8) is 0 Å². The van der Waals surface area contributed by atoms with E-state index >= 15 is 0 Å². The first-order valence-corrected chi connectivity index (χ1v) is 8.01. The van der Waals surface area contributed by atoms with Gasteiger partial charge in [-0.1, -0.05) is 36.6 Å². The molecule has 0 bridgehead atoms. The van der Waals surface area contributed by atoms with E-state index in [4.69, 9.17) is 11.6 Å². The highest BCUT2D eigenvalue weighted by Crippen LogP contribution is 2.39. The molecule has 5 nitrogen and oxygen atoms in total. The molecule has 23 heavy (non-hydrogen) atoms. The van der Waals surface area contributed by atoms with Crippen molar-refractivity contribution < 1.29 is 4.79 Å². The number of hydrogen-bond acceptors (Lipinski definition) is 3. The standard InChI is InChI=1S/C17H18ClN3O2/c1-21-15(22)9-8-14(20-21)16(23)19-17(10-2-3-11-17)12-4-6-13(18)7-5-12/h4-9H,2-3,10-11H2,1H3,(H,19,23). The Morgan fingerprint density at radius 2 is 1.83 bits per heavy atom. The fraction of sp³-hybridized carbons (Fsp3) is 0.353. The molecule has 1 heterocycles. The summed E-state index contributed by atoms with van der Waals surface area (Å²) < 4.78 is 1.17. The van der Waals surface area contributed by atoms with Crippen LogP contribution in [0.4, 0.5) is 0 Å². The molecule has 0 radical (unpaired) electrons. The average molecular weight is 332 g/mol. The summed E-state index contributed by atoms with van der Waals surface area (Å²) in [5, 5.41) is 7.83. The predicted octanol–water partition coefficient (Wildman–Crippen LogP) is 2.63. The van der Waals surface area contributed by atoms with Gasteiger partial charge in [0.05, 0.1) is 5.54 Å². The zero-order valence-electron chi connectivity index (χ0n) is 12.9. The highest BCUT2D eigenvalue weighted by Gasteiger charge is 2.37. The molecule has 1 fully saturated rings. The zero-order valence-corrected chi connectivity index (χ0v) is 13.6. The van der Waals surface area contributed by atoms with Crippen LogP contribution < -0.4 is 10.9 Å². The van der Waals surface area contributed by atoms with E-state index in [9.17, 15) is 9.59 Å². The maximum Gasteiger partial charge on any atom is 0.272 e. The van der Waals surface area contributed by atoms with Crippen molar-refractivity contribution >= 4 is 17.5 Å². The molecule has 1 saturated carbocycles. The third-order valence-electron chi connectivity index (χ3n) is 4.40. The third-order valence-corrected chi connectivity index (χ3v) is 4.65. The van der Waals surface area contributed by atoms with Gasteiger partial charge in [-0.2, -0.15) is 5.10 Å². The Bertz CT molecular complexity index is 777. The summed E-state index contributed by atoms with van der Waals surface area (Å²) in [7, 11) is 1.53. The fourth-order valence-corrected chi connectivity index (χ4v) is 3.26. The summed E-state index contributed by atoms with van der Waals surface area (Å²) in [5.41, 5.74) is 0.665. The zero-order chi connectivity index (χ0) is 16.4.